The number of hydrogen-bond donors (Lipinski definition) is 0. The summed E-state index contributed by atoms with van der Waals surface area (Å²) in [5.41, 5.74) is -2.02. The van der Waals surface area contributed by atoms with Crippen LogP contribution < -0.4 is 0 Å². The Balaban J connectivity index is 2.90. The first-order chi connectivity index (χ1) is 13.6. The van der Waals surface area contributed by atoms with Crippen molar-refractivity contribution in [3.63, 3.8) is 0 Å². The van der Waals surface area contributed by atoms with E-state index in [0.717, 1.165) is 19.2 Å². The highest BCUT2D eigenvalue weighted by Gasteiger charge is 2.37. The van der Waals surface area contributed by atoms with E-state index < -0.39 is 23.7 Å². The summed E-state index contributed by atoms with van der Waals surface area (Å²) in [5, 5.41) is 8.61. The van der Waals surface area contributed by atoms with Gasteiger partial charge in [0, 0.05) is 5.56 Å². The summed E-state index contributed by atoms with van der Waals surface area (Å²) in [7, 11) is 1.08. The summed E-state index contributed by atoms with van der Waals surface area (Å²) in [5.74, 6) is -1.92. The highest BCUT2D eigenvalue weighted by Crippen LogP contribution is 2.41. The number of ether oxygens (including phenoxy) is 2. The molecule has 0 aliphatic heterocycles. The van der Waals surface area contributed by atoms with Crippen molar-refractivity contribution in [2.45, 2.75) is 26.4 Å². The minimum atomic E-state index is -4.74. The van der Waals surface area contributed by atoms with Crippen LogP contribution in [0.15, 0.2) is 24.3 Å². The Bertz CT molecular complexity index is 994. The number of nitriles is 1. The zero-order valence-corrected chi connectivity index (χ0v) is 15.9. The molecule has 0 N–H and O–H groups in total. The molecule has 2 aromatic rings. The first-order valence-corrected chi connectivity index (χ1v) is 8.43. The lowest BCUT2D eigenvalue weighted by molar-refractivity contribution is -0.137. The first kappa shape index (κ1) is 21.9. The van der Waals surface area contributed by atoms with Crippen molar-refractivity contribution < 1.29 is 32.2 Å². The minimum absolute atomic E-state index is 0.0871. The van der Waals surface area contributed by atoms with Crippen LogP contribution in [0, 0.1) is 25.2 Å². The highest BCUT2D eigenvalue weighted by molar-refractivity contribution is 6.07. The number of carbonyl (C=O) groups excluding carboxylic acids is 2. The number of esters is 2. The maximum Gasteiger partial charge on any atom is 0.417 e. The van der Waals surface area contributed by atoms with Crippen LogP contribution >= 0.6 is 0 Å². The van der Waals surface area contributed by atoms with Crippen LogP contribution in [0.2, 0.25) is 0 Å². The van der Waals surface area contributed by atoms with Gasteiger partial charge >= 0.3 is 18.1 Å². The largest absolute Gasteiger partial charge is 0.465 e. The van der Waals surface area contributed by atoms with E-state index in [0.29, 0.717) is 0 Å². The Morgan fingerprint density at radius 2 is 1.69 bits per heavy atom. The average molecular weight is 406 g/mol. The Morgan fingerprint density at radius 3 is 2.24 bits per heavy atom. The van der Waals surface area contributed by atoms with Gasteiger partial charge in [0.1, 0.15) is 6.61 Å². The number of benzene rings is 1. The lowest BCUT2D eigenvalue weighted by Gasteiger charge is -2.20. The van der Waals surface area contributed by atoms with Crippen LogP contribution in [-0.2, 0) is 15.7 Å². The van der Waals surface area contributed by atoms with Gasteiger partial charge in [0.25, 0.3) is 0 Å². The summed E-state index contributed by atoms with van der Waals surface area (Å²) in [4.78, 5) is 29.2. The fraction of sp³-hybridized carbons (Fsp3) is 0.300. The quantitative estimate of drug-likeness (QED) is 0.545. The van der Waals surface area contributed by atoms with Gasteiger partial charge in [-0.2, -0.15) is 18.4 Å². The van der Waals surface area contributed by atoms with Crippen molar-refractivity contribution in [3.05, 3.63) is 52.3 Å². The molecule has 0 saturated carbocycles. The molecule has 0 bridgehead atoms. The second kappa shape index (κ2) is 8.73. The number of carbonyl (C=O) groups is 2. The average Bonchev–Trinajstić information content (AvgIpc) is 2.66. The van der Waals surface area contributed by atoms with E-state index in [1.807, 2.05) is 0 Å². The fourth-order valence-corrected chi connectivity index (χ4v) is 2.93. The van der Waals surface area contributed by atoms with E-state index in [1.165, 1.54) is 26.0 Å². The Hall–Kier alpha value is -3.41. The van der Waals surface area contributed by atoms with Crippen LogP contribution in [0.3, 0.4) is 0 Å². The fourth-order valence-electron chi connectivity index (χ4n) is 2.93. The molecule has 0 aliphatic carbocycles. The Labute approximate surface area is 164 Å². The van der Waals surface area contributed by atoms with Crippen LogP contribution in [0.25, 0.3) is 11.1 Å². The summed E-state index contributed by atoms with van der Waals surface area (Å²) in [6, 6.07) is 6.38. The zero-order chi connectivity index (χ0) is 21.8. The zero-order valence-electron chi connectivity index (χ0n) is 15.9. The number of nitrogens with zero attached hydrogens (tertiary/aromatic N) is 2. The number of pyridine rings is 1. The van der Waals surface area contributed by atoms with Gasteiger partial charge in [-0.25, -0.2) is 9.59 Å². The topological polar surface area (TPSA) is 89.3 Å². The van der Waals surface area contributed by atoms with Gasteiger partial charge < -0.3 is 9.47 Å². The number of hydrogen-bond acceptors (Lipinski definition) is 6. The van der Waals surface area contributed by atoms with Gasteiger partial charge in [-0.15, -0.1) is 0 Å². The second-order valence-corrected chi connectivity index (χ2v) is 5.99. The number of methoxy groups -OCH3 is 1. The molecular weight excluding hydrogens is 389 g/mol. The third-order valence-corrected chi connectivity index (χ3v) is 4.10. The monoisotopic (exact) mass is 406 g/mol. The summed E-state index contributed by atoms with van der Waals surface area (Å²) in [6.45, 7) is 2.61. The molecule has 0 amide bonds. The van der Waals surface area contributed by atoms with E-state index >= 15 is 0 Å². The maximum atomic E-state index is 13.6. The van der Waals surface area contributed by atoms with E-state index in [1.54, 1.807) is 6.07 Å². The lowest BCUT2D eigenvalue weighted by atomic mass is 9.89. The molecule has 0 radical (unpaired) electrons. The van der Waals surface area contributed by atoms with Crippen molar-refractivity contribution in [1.29, 1.82) is 5.26 Å². The van der Waals surface area contributed by atoms with Gasteiger partial charge in [-0.05, 0) is 25.5 Å². The third-order valence-electron chi connectivity index (χ3n) is 4.10. The Kier molecular flexibility index (Phi) is 6.59. The van der Waals surface area contributed by atoms with Gasteiger partial charge in [0.05, 0.1) is 47.7 Å². The van der Waals surface area contributed by atoms with E-state index in [2.05, 4.69) is 4.98 Å². The van der Waals surface area contributed by atoms with Crippen molar-refractivity contribution in [2.75, 3.05) is 13.7 Å². The molecule has 152 valence electrons. The number of halogens is 3. The Morgan fingerprint density at radius 1 is 1.10 bits per heavy atom. The van der Waals surface area contributed by atoms with Crippen molar-refractivity contribution >= 4 is 11.9 Å². The van der Waals surface area contributed by atoms with Crippen molar-refractivity contribution in [3.8, 4) is 17.2 Å². The standard InChI is InChI=1S/C20H17F3N2O4/c1-11-15(18(26)28-3)17(13-7-4-5-8-14(13)20(21,22)23)16(12(2)25-11)19(27)29-10-6-9-24/h4-5,7-8H,6,10H2,1-3H3. The molecule has 0 fully saturated rings. The number of alkyl halides is 3. The van der Waals surface area contributed by atoms with Crippen LogP contribution in [-0.4, -0.2) is 30.6 Å². The molecule has 1 aromatic heterocycles. The minimum Gasteiger partial charge on any atom is -0.465 e. The number of rotatable bonds is 5. The number of aryl methyl sites for hydroxylation is 2. The van der Waals surface area contributed by atoms with E-state index in [4.69, 9.17) is 14.7 Å². The third kappa shape index (κ3) is 4.54. The van der Waals surface area contributed by atoms with Crippen LogP contribution in [0.1, 0.15) is 44.1 Å². The molecule has 0 saturated heterocycles. The maximum absolute atomic E-state index is 13.6. The summed E-state index contributed by atoms with van der Waals surface area (Å²) in [6.07, 6.45) is -4.83. The molecule has 2 rings (SSSR count). The van der Waals surface area contributed by atoms with Crippen molar-refractivity contribution in [2.24, 2.45) is 0 Å². The molecule has 6 nitrogen and oxygen atoms in total. The van der Waals surface area contributed by atoms with E-state index in [-0.39, 0.29) is 46.7 Å². The smallest absolute Gasteiger partial charge is 0.417 e. The first-order valence-electron chi connectivity index (χ1n) is 8.43. The molecule has 1 aromatic carbocycles. The normalized spacial score (nSPS) is 10.9. The van der Waals surface area contributed by atoms with Gasteiger partial charge in [-0.1, -0.05) is 18.2 Å². The molecule has 9 heteroatoms. The second-order valence-electron chi connectivity index (χ2n) is 5.99. The van der Waals surface area contributed by atoms with Crippen LogP contribution in [0.5, 0.6) is 0 Å². The molecular formula is C20H17F3N2O4. The lowest BCUT2D eigenvalue weighted by Crippen LogP contribution is -2.18. The summed E-state index contributed by atoms with van der Waals surface area (Å²) < 4.78 is 50.7. The number of aromatic nitrogens is 1. The molecule has 1 heterocycles. The predicted molar refractivity (Wildman–Crippen MR) is 96.0 cm³/mol. The van der Waals surface area contributed by atoms with Gasteiger partial charge in [-0.3, -0.25) is 4.98 Å². The summed E-state index contributed by atoms with van der Waals surface area (Å²) >= 11 is 0. The van der Waals surface area contributed by atoms with Gasteiger partial charge in [0.15, 0.2) is 0 Å². The molecule has 29 heavy (non-hydrogen) atoms. The van der Waals surface area contributed by atoms with Crippen molar-refractivity contribution in [1.82, 2.24) is 4.98 Å². The van der Waals surface area contributed by atoms with Crippen LogP contribution in [0.4, 0.5) is 13.2 Å². The van der Waals surface area contributed by atoms with Gasteiger partial charge in [0.2, 0.25) is 0 Å². The SMILES string of the molecule is COC(=O)c1c(C)nc(C)c(C(=O)OCCC#N)c1-c1ccccc1C(F)(F)F. The predicted octanol–water partition coefficient (Wildman–Crippen LogP) is 4.24. The molecule has 0 atom stereocenters. The van der Waals surface area contributed by atoms with E-state index in [9.17, 15) is 22.8 Å². The highest BCUT2D eigenvalue weighted by atomic mass is 19.4. The molecule has 0 unspecified atom stereocenters. The molecule has 0 aliphatic rings. The molecule has 0 spiro atoms.